The van der Waals surface area contributed by atoms with Crippen LogP contribution in [0.5, 0.6) is 0 Å². The van der Waals surface area contributed by atoms with Gasteiger partial charge in [0.2, 0.25) is 0 Å². The minimum absolute atomic E-state index is 0.206. The maximum Gasteiger partial charge on any atom is 0.419 e. The summed E-state index contributed by atoms with van der Waals surface area (Å²) in [5, 5.41) is 3.72. The number of aromatic nitrogens is 2. The number of nitrogens with zero attached hydrogens (tertiary/aromatic N) is 2. The average Bonchev–Trinajstić information content (AvgIpc) is 2.77. The Morgan fingerprint density at radius 1 is 1.33 bits per heavy atom. The van der Waals surface area contributed by atoms with Gasteiger partial charge >= 0.3 is 6.18 Å². The molecule has 0 saturated carbocycles. The summed E-state index contributed by atoms with van der Waals surface area (Å²) < 4.78 is 39.4. The largest absolute Gasteiger partial charge is 0.419 e. The molecule has 3 nitrogen and oxygen atoms in total. The van der Waals surface area contributed by atoms with Gasteiger partial charge in [0.1, 0.15) is 0 Å². The van der Waals surface area contributed by atoms with Gasteiger partial charge in [0.05, 0.1) is 17.4 Å². The molecule has 18 heavy (non-hydrogen) atoms. The van der Waals surface area contributed by atoms with Crippen LogP contribution in [0.15, 0.2) is 35.1 Å². The van der Waals surface area contributed by atoms with Crippen LogP contribution < -0.4 is 5.73 Å². The highest BCUT2D eigenvalue weighted by Gasteiger charge is 2.32. The molecule has 0 spiro atoms. The van der Waals surface area contributed by atoms with Crippen LogP contribution in [0.3, 0.4) is 0 Å². The molecular formula is C11H9BrF3N3. The van der Waals surface area contributed by atoms with Crippen molar-refractivity contribution in [3.63, 3.8) is 0 Å². The SMILES string of the molecule is NCc1c(Br)cccc1-n1cc(C(F)(F)F)cn1. The Kier molecular flexibility index (Phi) is 3.45. The molecule has 1 aromatic carbocycles. The zero-order valence-electron chi connectivity index (χ0n) is 9.08. The van der Waals surface area contributed by atoms with Crippen molar-refractivity contribution in [2.24, 2.45) is 5.73 Å². The Labute approximate surface area is 110 Å². The fraction of sp³-hybridized carbons (Fsp3) is 0.182. The summed E-state index contributed by atoms with van der Waals surface area (Å²) in [5.41, 5.74) is 6.03. The summed E-state index contributed by atoms with van der Waals surface area (Å²) in [5.74, 6) is 0. The van der Waals surface area contributed by atoms with E-state index in [9.17, 15) is 13.2 Å². The normalized spacial score (nSPS) is 11.8. The Morgan fingerprint density at radius 2 is 2.06 bits per heavy atom. The summed E-state index contributed by atoms with van der Waals surface area (Å²) in [6, 6.07) is 5.16. The van der Waals surface area contributed by atoms with E-state index in [4.69, 9.17) is 5.73 Å². The quantitative estimate of drug-likeness (QED) is 0.924. The Morgan fingerprint density at radius 3 is 2.61 bits per heavy atom. The third-order valence-electron chi connectivity index (χ3n) is 2.45. The fourth-order valence-electron chi connectivity index (χ4n) is 1.56. The number of hydrogen-bond acceptors (Lipinski definition) is 2. The lowest BCUT2D eigenvalue weighted by atomic mass is 10.2. The molecule has 7 heteroatoms. The van der Waals surface area contributed by atoms with Crippen LogP contribution in [0.2, 0.25) is 0 Å². The minimum Gasteiger partial charge on any atom is -0.326 e. The number of benzene rings is 1. The second-order valence-corrected chi connectivity index (χ2v) is 4.47. The summed E-state index contributed by atoms with van der Waals surface area (Å²) in [4.78, 5) is 0. The van der Waals surface area contributed by atoms with Gasteiger partial charge in [-0.25, -0.2) is 4.68 Å². The highest BCUT2D eigenvalue weighted by molar-refractivity contribution is 9.10. The summed E-state index contributed by atoms with van der Waals surface area (Å²) in [6.45, 7) is 0.206. The Balaban J connectivity index is 2.50. The summed E-state index contributed by atoms with van der Waals surface area (Å²) in [7, 11) is 0. The van der Waals surface area contributed by atoms with E-state index in [-0.39, 0.29) is 6.54 Å². The first-order valence-electron chi connectivity index (χ1n) is 5.03. The maximum absolute atomic E-state index is 12.5. The van der Waals surface area contributed by atoms with E-state index in [0.29, 0.717) is 11.3 Å². The molecule has 0 aliphatic carbocycles. The monoisotopic (exact) mass is 319 g/mol. The van der Waals surface area contributed by atoms with Gasteiger partial charge in [0.15, 0.2) is 0 Å². The van der Waals surface area contributed by atoms with Crippen molar-refractivity contribution in [1.82, 2.24) is 9.78 Å². The molecule has 2 aromatic rings. The minimum atomic E-state index is -4.40. The molecule has 0 saturated heterocycles. The van der Waals surface area contributed by atoms with E-state index in [1.807, 2.05) is 0 Å². The molecule has 2 rings (SSSR count). The average molecular weight is 320 g/mol. The predicted molar refractivity (Wildman–Crippen MR) is 64.2 cm³/mol. The van der Waals surface area contributed by atoms with Crippen molar-refractivity contribution < 1.29 is 13.2 Å². The second kappa shape index (κ2) is 4.74. The lowest BCUT2D eigenvalue weighted by Crippen LogP contribution is -2.06. The van der Waals surface area contributed by atoms with Crippen molar-refractivity contribution in [2.75, 3.05) is 0 Å². The van der Waals surface area contributed by atoms with Crippen molar-refractivity contribution in [2.45, 2.75) is 12.7 Å². The molecule has 96 valence electrons. The third kappa shape index (κ3) is 2.41. The first-order chi connectivity index (χ1) is 8.43. The smallest absolute Gasteiger partial charge is 0.326 e. The van der Waals surface area contributed by atoms with Crippen LogP contribution in [0, 0.1) is 0 Å². The van der Waals surface area contributed by atoms with Crippen molar-refractivity contribution in [3.8, 4) is 5.69 Å². The first-order valence-corrected chi connectivity index (χ1v) is 5.82. The highest BCUT2D eigenvalue weighted by Crippen LogP contribution is 2.30. The summed E-state index contributed by atoms with van der Waals surface area (Å²) >= 11 is 3.31. The molecule has 1 aromatic heterocycles. The predicted octanol–water partition coefficient (Wildman–Crippen LogP) is 3.11. The molecular weight excluding hydrogens is 311 g/mol. The topological polar surface area (TPSA) is 43.8 Å². The molecule has 0 amide bonds. The molecule has 0 bridgehead atoms. The van der Waals surface area contributed by atoms with Gasteiger partial charge in [0.25, 0.3) is 0 Å². The van der Waals surface area contributed by atoms with E-state index in [0.717, 1.165) is 16.9 Å². The first kappa shape index (κ1) is 13.1. The van der Waals surface area contributed by atoms with E-state index in [2.05, 4.69) is 21.0 Å². The molecule has 2 N–H and O–H groups in total. The van der Waals surface area contributed by atoms with Crippen LogP contribution in [0.25, 0.3) is 5.69 Å². The standard InChI is InChI=1S/C11H9BrF3N3/c12-9-2-1-3-10(8(9)4-16)18-6-7(5-17-18)11(13,14)15/h1-3,5-6H,4,16H2. The van der Waals surface area contributed by atoms with E-state index in [1.165, 1.54) is 4.68 Å². The Hall–Kier alpha value is -1.34. The molecule has 0 atom stereocenters. The molecule has 1 heterocycles. The van der Waals surface area contributed by atoms with E-state index in [1.54, 1.807) is 18.2 Å². The lowest BCUT2D eigenvalue weighted by Gasteiger charge is -2.09. The molecule has 0 unspecified atom stereocenters. The van der Waals surface area contributed by atoms with Gasteiger partial charge in [-0.05, 0) is 12.1 Å². The maximum atomic E-state index is 12.5. The summed E-state index contributed by atoms with van der Waals surface area (Å²) in [6.07, 6.45) is -2.66. The lowest BCUT2D eigenvalue weighted by molar-refractivity contribution is -0.137. The van der Waals surface area contributed by atoms with E-state index < -0.39 is 11.7 Å². The number of hydrogen-bond donors (Lipinski definition) is 1. The van der Waals surface area contributed by atoms with Crippen molar-refractivity contribution in [1.29, 1.82) is 0 Å². The zero-order valence-corrected chi connectivity index (χ0v) is 10.7. The van der Waals surface area contributed by atoms with Gasteiger partial charge in [0, 0.05) is 22.8 Å². The second-order valence-electron chi connectivity index (χ2n) is 3.61. The van der Waals surface area contributed by atoms with Crippen LogP contribution >= 0.6 is 15.9 Å². The third-order valence-corrected chi connectivity index (χ3v) is 3.20. The van der Waals surface area contributed by atoms with Crippen LogP contribution in [0.1, 0.15) is 11.1 Å². The van der Waals surface area contributed by atoms with Gasteiger partial charge in [-0.15, -0.1) is 0 Å². The van der Waals surface area contributed by atoms with Crippen LogP contribution in [0.4, 0.5) is 13.2 Å². The number of halogens is 4. The highest BCUT2D eigenvalue weighted by atomic mass is 79.9. The number of rotatable bonds is 2. The molecule has 0 fully saturated rings. The molecule has 0 aliphatic rings. The molecule has 0 radical (unpaired) electrons. The van der Waals surface area contributed by atoms with Gasteiger partial charge in [-0.2, -0.15) is 18.3 Å². The van der Waals surface area contributed by atoms with Gasteiger partial charge < -0.3 is 5.73 Å². The van der Waals surface area contributed by atoms with Gasteiger partial charge in [-0.3, -0.25) is 0 Å². The van der Waals surface area contributed by atoms with E-state index >= 15 is 0 Å². The van der Waals surface area contributed by atoms with Crippen LogP contribution in [-0.4, -0.2) is 9.78 Å². The Bertz CT molecular complexity index is 563. The fourth-order valence-corrected chi connectivity index (χ4v) is 2.08. The number of nitrogens with two attached hydrogens (primary N) is 1. The zero-order chi connectivity index (χ0) is 13.3. The van der Waals surface area contributed by atoms with Crippen LogP contribution in [-0.2, 0) is 12.7 Å². The molecule has 0 aliphatic heterocycles. The van der Waals surface area contributed by atoms with Crippen molar-refractivity contribution in [3.05, 3.63) is 46.2 Å². The van der Waals surface area contributed by atoms with Crippen molar-refractivity contribution >= 4 is 15.9 Å². The number of alkyl halides is 3. The van der Waals surface area contributed by atoms with Gasteiger partial charge in [-0.1, -0.05) is 22.0 Å².